The fraction of sp³-hybridized carbons (Fsp3) is 0.500. The van der Waals surface area contributed by atoms with E-state index in [0.717, 1.165) is 24.4 Å². The van der Waals surface area contributed by atoms with Crippen molar-refractivity contribution in [2.24, 2.45) is 5.92 Å². The van der Waals surface area contributed by atoms with Gasteiger partial charge >= 0.3 is 0 Å². The highest BCUT2D eigenvalue weighted by molar-refractivity contribution is 6.32. The Hall–Kier alpha value is -0.990. The molecule has 0 amide bonds. The zero-order chi connectivity index (χ0) is 14.3. The van der Waals surface area contributed by atoms with Crippen LogP contribution in [0.2, 0.25) is 5.02 Å². The largest absolute Gasteiger partial charge is 0.488 e. The Bertz CT molecular complexity index is 423. The minimum Gasteiger partial charge on any atom is -0.488 e. The van der Waals surface area contributed by atoms with Gasteiger partial charge in [-0.25, -0.2) is 0 Å². The molecule has 2 nitrogen and oxygen atoms in total. The number of benzene rings is 1. The molecule has 0 aliphatic rings. The zero-order valence-electron chi connectivity index (χ0n) is 12.3. The van der Waals surface area contributed by atoms with E-state index >= 15 is 0 Å². The highest BCUT2D eigenvalue weighted by Gasteiger charge is 2.08. The SMILES string of the molecule is CC(C)=CCOc1c(Cl)cccc1CNCC(C)C. The van der Waals surface area contributed by atoms with Gasteiger partial charge in [0, 0.05) is 12.1 Å². The summed E-state index contributed by atoms with van der Waals surface area (Å²) in [6.45, 7) is 10.8. The van der Waals surface area contributed by atoms with E-state index in [0.29, 0.717) is 17.5 Å². The molecule has 0 saturated heterocycles. The van der Waals surface area contributed by atoms with Gasteiger partial charge in [0.1, 0.15) is 12.4 Å². The van der Waals surface area contributed by atoms with Crippen LogP contribution in [0.25, 0.3) is 0 Å². The highest BCUT2D eigenvalue weighted by atomic mass is 35.5. The summed E-state index contributed by atoms with van der Waals surface area (Å²) in [5.41, 5.74) is 2.35. The van der Waals surface area contributed by atoms with E-state index in [9.17, 15) is 0 Å². The molecule has 0 saturated carbocycles. The summed E-state index contributed by atoms with van der Waals surface area (Å²) in [7, 11) is 0. The maximum atomic E-state index is 6.21. The van der Waals surface area contributed by atoms with Crippen LogP contribution >= 0.6 is 11.6 Å². The van der Waals surface area contributed by atoms with Gasteiger partial charge in [-0.2, -0.15) is 0 Å². The number of hydrogen-bond donors (Lipinski definition) is 1. The summed E-state index contributed by atoms with van der Waals surface area (Å²) >= 11 is 6.21. The molecule has 0 heterocycles. The Morgan fingerprint density at radius 2 is 2.11 bits per heavy atom. The topological polar surface area (TPSA) is 21.3 Å². The second-order valence-electron chi connectivity index (χ2n) is 5.35. The van der Waals surface area contributed by atoms with Crippen LogP contribution in [0, 0.1) is 5.92 Å². The fourth-order valence-corrected chi connectivity index (χ4v) is 1.89. The van der Waals surface area contributed by atoms with Crippen molar-refractivity contribution in [2.75, 3.05) is 13.2 Å². The van der Waals surface area contributed by atoms with E-state index in [1.54, 1.807) is 0 Å². The molecule has 1 aromatic rings. The average molecular weight is 282 g/mol. The van der Waals surface area contributed by atoms with Crippen molar-refractivity contribution in [3.63, 3.8) is 0 Å². The van der Waals surface area contributed by atoms with Gasteiger partial charge in [0.05, 0.1) is 5.02 Å². The lowest BCUT2D eigenvalue weighted by Crippen LogP contribution is -2.19. The van der Waals surface area contributed by atoms with Crippen LogP contribution in [0.3, 0.4) is 0 Å². The van der Waals surface area contributed by atoms with Crippen LogP contribution in [0.5, 0.6) is 5.75 Å². The molecule has 0 fully saturated rings. The van der Waals surface area contributed by atoms with E-state index in [1.165, 1.54) is 5.57 Å². The monoisotopic (exact) mass is 281 g/mol. The predicted molar refractivity (Wildman–Crippen MR) is 82.9 cm³/mol. The molecule has 3 heteroatoms. The predicted octanol–water partition coefficient (Wildman–Crippen LogP) is 4.43. The molecule has 1 rings (SSSR count). The third-order valence-electron chi connectivity index (χ3n) is 2.64. The zero-order valence-corrected chi connectivity index (χ0v) is 13.1. The lowest BCUT2D eigenvalue weighted by atomic mass is 10.1. The van der Waals surface area contributed by atoms with Crippen LogP contribution in [0.1, 0.15) is 33.3 Å². The minimum atomic E-state index is 0.559. The Balaban J connectivity index is 2.69. The number of para-hydroxylation sites is 1. The average Bonchev–Trinajstić information content (AvgIpc) is 2.31. The Labute approximate surface area is 121 Å². The number of halogens is 1. The van der Waals surface area contributed by atoms with Gasteiger partial charge in [0.2, 0.25) is 0 Å². The molecular formula is C16H24ClNO. The molecule has 0 unspecified atom stereocenters. The second kappa shape index (κ2) is 8.23. The lowest BCUT2D eigenvalue weighted by Gasteiger charge is -2.13. The number of hydrogen-bond acceptors (Lipinski definition) is 2. The van der Waals surface area contributed by atoms with Crippen molar-refractivity contribution >= 4 is 11.6 Å². The van der Waals surface area contributed by atoms with Crippen molar-refractivity contribution in [2.45, 2.75) is 34.2 Å². The molecule has 0 radical (unpaired) electrons. The molecular weight excluding hydrogens is 258 g/mol. The summed E-state index contributed by atoms with van der Waals surface area (Å²) in [6.07, 6.45) is 2.05. The van der Waals surface area contributed by atoms with Gasteiger partial charge in [0.15, 0.2) is 0 Å². The summed E-state index contributed by atoms with van der Waals surface area (Å²) in [6, 6.07) is 5.88. The second-order valence-corrected chi connectivity index (χ2v) is 5.75. The standard InChI is InChI=1S/C16H24ClNO/c1-12(2)8-9-19-16-14(6-5-7-15(16)17)11-18-10-13(3)4/h5-8,13,18H,9-11H2,1-4H3. The van der Waals surface area contributed by atoms with E-state index in [4.69, 9.17) is 16.3 Å². The highest BCUT2D eigenvalue weighted by Crippen LogP contribution is 2.28. The molecule has 106 valence electrons. The summed E-state index contributed by atoms with van der Waals surface area (Å²) < 4.78 is 5.79. The Kier molecular flexibility index (Phi) is 6.96. The van der Waals surface area contributed by atoms with Gasteiger partial charge < -0.3 is 10.1 Å². The van der Waals surface area contributed by atoms with E-state index in [2.05, 4.69) is 45.2 Å². The molecule has 0 aromatic heterocycles. The number of ether oxygens (including phenoxy) is 1. The molecule has 19 heavy (non-hydrogen) atoms. The summed E-state index contributed by atoms with van der Waals surface area (Å²) in [5, 5.41) is 4.09. The molecule has 0 bridgehead atoms. The van der Waals surface area contributed by atoms with Crippen molar-refractivity contribution in [1.82, 2.24) is 5.32 Å². The normalized spacial score (nSPS) is 10.6. The fourth-order valence-electron chi connectivity index (χ4n) is 1.64. The molecule has 1 N–H and O–H groups in total. The smallest absolute Gasteiger partial charge is 0.142 e. The van der Waals surface area contributed by atoms with Crippen molar-refractivity contribution in [1.29, 1.82) is 0 Å². The quantitative estimate of drug-likeness (QED) is 0.747. The first kappa shape index (κ1) is 16.1. The maximum absolute atomic E-state index is 6.21. The van der Waals surface area contributed by atoms with Crippen LogP contribution in [0.4, 0.5) is 0 Å². The molecule has 0 spiro atoms. The first-order valence-electron chi connectivity index (χ1n) is 6.75. The summed E-state index contributed by atoms with van der Waals surface area (Å²) in [4.78, 5) is 0. The van der Waals surface area contributed by atoms with E-state index < -0.39 is 0 Å². The number of rotatable bonds is 7. The first-order valence-corrected chi connectivity index (χ1v) is 7.12. The minimum absolute atomic E-state index is 0.559. The Morgan fingerprint density at radius 1 is 1.37 bits per heavy atom. The first-order chi connectivity index (χ1) is 9.00. The van der Waals surface area contributed by atoms with Gasteiger partial charge in [-0.15, -0.1) is 0 Å². The van der Waals surface area contributed by atoms with Gasteiger partial charge in [-0.05, 0) is 38.5 Å². The van der Waals surface area contributed by atoms with Crippen LogP contribution in [-0.2, 0) is 6.54 Å². The van der Waals surface area contributed by atoms with Gasteiger partial charge in [0.25, 0.3) is 0 Å². The van der Waals surface area contributed by atoms with E-state index in [1.807, 2.05) is 12.1 Å². The van der Waals surface area contributed by atoms with E-state index in [-0.39, 0.29) is 0 Å². The van der Waals surface area contributed by atoms with Gasteiger partial charge in [-0.1, -0.05) is 43.2 Å². The molecule has 0 aliphatic carbocycles. The third-order valence-corrected chi connectivity index (χ3v) is 2.93. The van der Waals surface area contributed by atoms with Crippen LogP contribution in [-0.4, -0.2) is 13.2 Å². The Morgan fingerprint density at radius 3 is 2.74 bits per heavy atom. The van der Waals surface area contributed by atoms with Crippen molar-refractivity contribution in [3.05, 3.63) is 40.4 Å². The molecule has 0 atom stereocenters. The van der Waals surface area contributed by atoms with Crippen molar-refractivity contribution in [3.8, 4) is 5.75 Å². The van der Waals surface area contributed by atoms with Crippen LogP contribution in [0.15, 0.2) is 29.8 Å². The molecule has 0 aliphatic heterocycles. The van der Waals surface area contributed by atoms with Crippen molar-refractivity contribution < 1.29 is 4.74 Å². The number of nitrogens with one attached hydrogen (secondary N) is 1. The molecule has 1 aromatic carbocycles. The third kappa shape index (κ3) is 6.13. The van der Waals surface area contributed by atoms with Crippen LogP contribution < -0.4 is 10.1 Å². The number of allylic oxidation sites excluding steroid dienone is 1. The summed E-state index contributed by atoms with van der Waals surface area (Å²) in [5.74, 6) is 1.42. The maximum Gasteiger partial charge on any atom is 0.142 e. The lowest BCUT2D eigenvalue weighted by molar-refractivity contribution is 0.356. The van der Waals surface area contributed by atoms with Gasteiger partial charge in [-0.3, -0.25) is 0 Å².